The fourth-order valence-electron chi connectivity index (χ4n) is 5.43. The summed E-state index contributed by atoms with van der Waals surface area (Å²) in [5.41, 5.74) is 2.94. The van der Waals surface area contributed by atoms with Gasteiger partial charge >= 0.3 is 5.97 Å². The summed E-state index contributed by atoms with van der Waals surface area (Å²) < 4.78 is 18.8. The minimum atomic E-state index is -1.05. The van der Waals surface area contributed by atoms with Crippen LogP contribution in [0.4, 0.5) is 10.1 Å². The number of amides is 2. The molecule has 1 saturated carbocycles. The van der Waals surface area contributed by atoms with Gasteiger partial charge in [0.25, 0.3) is 0 Å². The van der Waals surface area contributed by atoms with Gasteiger partial charge < -0.3 is 15.0 Å². The molecule has 7 nitrogen and oxygen atoms in total. The minimum absolute atomic E-state index is 0.0106. The molecule has 0 spiro atoms. The SMILES string of the molecule is COC(=O)c1ccc(N(C(=O)Cc2c[nH]c3ccccc23)[C@H](C(=O)NC2CCCCC2)c2ccc(F)cc2)cc1. The molecule has 2 N–H and O–H groups in total. The fourth-order valence-corrected chi connectivity index (χ4v) is 5.43. The summed E-state index contributed by atoms with van der Waals surface area (Å²) in [6, 6.07) is 18.7. The third kappa shape index (κ3) is 5.91. The lowest BCUT2D eigenvalue weighted by Gasteiger charge is -2.33. The normalized spacial score (nSPS) is 14.4. The maximum Gasteiger partial charge on any atom is 0.337 e. The molecule has 0 saturated heterocycles. The van der Waals surface area contributed by atoms with Crippen molar-refractivity contribution in [2.75, 3.05) is 12.0 Å². The van der Waals surface area contributed by atoms with E-state index in [9.17, 15) is 18.8 Å². The number of halogens is 1. The second-order valence-corrected chi connectivity index (χ2v) is 10.1. The van der Waals surface area contributed by atoms with Crippen LogP contribution < -0.4 is 10.2 Å². The largest absolute Gasteiger partial charge is 0.465 e. The number of hydrogen-bond acceptors (Lipinski definition) is 4. The molecule has 206 valence electrons. The minimum Gasteiger partial charge on any atom is -0.465 e. The topological polar surface area (TPSA) is 91.5 Å². The van der Waals surface area contributed by atoms with Crippen molar-refractivity contribution in [3.8, 4) is 0 Å². The number of rotatable bonds is 8. The fraction of sp³-hybridized carbons (Fsp3) is 0.281. The summed E-state index contributed by atoms with van der Waals surface area (Å²) in [6.45, 7) is 0. The average Bonchev–Trinajstić information content (AvgIpc) is 3.39. The molecular weight excluding hydrogens is 509 g/mol. The molecule has 0 aliphatic heterocycles. The highest BCUT2D eigenvalue weighted by atomic mass is 19.1. The van der Waals surface area contributed by atoms with E-state index in [1.54, 1.807) is 30.5 Å². The van der Waals surface area contributed by atoms with Crippen LogP contribution in [0.25, 0.3) is 10.9 Å². The lowest BCUT2D eigenvalue weighted by molar-refractivity contribution is -0.127. The number of esters is 1. The van der Waals surface area contributed by atoms with Crippen LogP contribution in [0.1, 0.15) is 59.6 Å². The van der Waals surface area contributed by atoms with Gasteiger partial charge in [0.15, 0.2) is 0 Å². The predicted molar refractivity (Wildman–Crippen MR) is 151 cm³/mol. The third-order valence-electron chi connectivity index (χ3n) is 7.50. The number of aromatic amines is 1. The molecule has 8 heteroatoms. The Morgan fingerprint density at radius 3 is 2.38 bits per heavy atom. The Morgan fingerprint density at radius 1 is 0.975 bits per heavy atom. The van der Waals surface area contributed by atoms with E-state index < -0.39 is 17.8 Å². The molecule has 1 fully saturated rings. The van der Waals surface area contributed by atoms with Gasteiger partial charge in [0, 0.05) is 28.8 Å². The van der Waals surface area contributed by atoms with Crippen molar-refractivity contribution in [2.45, 2.75) is 50.6 Å². The summed E-state index contributed by atoms with van der Waals surface area (Å²) in [5.74, 6) is -1.59. The van der Waals surface area contributed by atoms with E-state index in [1.165, 1.54) is 36.3 Å². The first-order chi connectivity index (χ1) is 19.4. The Hall–Kier alpha value is -4.46. The van der Waals surface area contributed by atoms with E-state index in [2.05, 4.69) is 10.3 Å². The highest BCUT2D eigenvalue weighted by Crippen LogP contribution is 2.31. The molecule has 0 unspecified atom stereocenters. The first-order valence-corrected chi connectivity index (χ1v) is 13.6. The van der Waals surface area contributed by atoms with Gasteiger partial charge in [-0.1, -0.05) is 49.6 Å². The molecule has 40 heavy (non-hydrogen) atoms. The second kappa shape index (κ2) is 12.2. The van der Waals surface area contributed by atoms with Crippen LogP contribution in [0, 0.1) is 5.82 Å². The number of hydrogen-bond donors (Lipinski definition) is 2. The summed E-state index contributed by atoms with van der Waals surface area (Å²) in [4.78, 5) is 44.9. The van der Waals surface area contributed by atoms with Crippen LogP contribution in [0.2, 0.25) is 0 Å². The molecule has 1 aliphatic rings. The number of aromatic nitrogens is 1. The van der Waals surface area contributed by atoms with E-state index in [1.807, 2.05) is 24.3 Å². The molecule has 0 bridgehead atoms. The summed E-state index contributed by atoms with van der Waals surface area (Å²) in [5, 5.41) is 4.08. The molecule has 0 radical (unpaired) electrons. The zero-order chi connectivity index (χ0) is 28.1. The maximum atomic E-state index is 14.2. The zero-order valence-corrected chi connectivity index (χ0v) is 22.4. The van der Waals surface area contributed by atoms with Crippen molar-refractivity contribution < 1.29 is 23.5 Å². The number of ether oxygens (including phenoxy) is 1. The van der Waals surface area contributed by atoms with Crippen LogP contribution >= 0.6 is 0 Å². The Bertz CT molecular complexity index is 1490. The van der Waals surface area contributed by atoms with Gasteiger partial charge in [-0.15, -0.1) is 0 Å². The molecule has 1 aromatic heterocycles. The van der Waals surface area contributed by atoms with E-state index >= 15 is 0 Å². The molecule has 2 amide bonds. The van der Waals surface area contributed by atoms with E-state index in [-0.39, 0.29) is 24.3 Å². The Kier molecular flexibility index (Phi) is 8.24. The lowest BCUT2D eigenvalue weighted by Crippen LogP contribution is -2.47. The van der Waals surface area contributed by atoms with Gasteiger partial charge in [-0.05, 0) is 66.4 Å². The van der Waals surface area contributed by atoms with Crippen molar-refractivity contribution in [2.24, 2.45) is 0 Å². The standard InChI is InChI=1S/C32H32FN3O4/c1-40-32(39)22-13-17-26(18-14-22)36(29(37)19-23-20-34-28-10-6-5-9-27(23)28)30(21-11-15-24(33)16-12-21)31(38)35-25-7-3-2-4-8-25/h5-6,9-18,20,25,30,34H,2-4,7-8,19H2,1H3,(H,35,38)/t30-/m0/s1. The quantitative estimate of drug-likeness (QED) is 0.274. The highest BCUT2D eigenvalue weighted by Gasteiger charge is 2.34. The molecule has 1 aliphatic carbocycles. The summed E-state index contributed by atoms with van der Waals surface area (Å²) in [7, 11) is 1.30. The van der Waals surface area contributed by atoms with Crippen molar-refractivity contribution in [3.63, 3.8) is 0 Å². The number of fused-ring (bicyclic) bond motifs is 1. The molecule has 1 heterocycles. The van der Waals surface area contributed by atoms with Crippen molar-refractivity contribution in [1.82, 2.24) is 10.3 Å². The van der Waals surface area contributed by atoms with Crippen LogP contribution in [0.3, 0.4) is 0 Å². The Morgan fingerprint density at radius 2 is 1.68 bits per heavy atom. The van der Waals surface area contributed by atoms with E-state index in [0.29, 0.717) is 16.8 Å². The van der Waals surface area contributed by atoms with E-state index in [4.69, 9.17) is 4.74 Å². The van der Waals surface area contributed by atoms with Gasteiger partial charge in [0.1, 0.15) is 11.9 Å². The number of benzene rings is 3. The Balaban J connectivity index is 1.57. The monoisotopic (exact) mass is 541 g/mol. The number of anilines is 1. The first-order valence-electron chi connectivity index (χ1n) is 13.6. The number of H-pyrrole nitrogens is 1. The van der Waals surface area contributed by atoms with Crippen molar-refractivity contribution in [1.29, 1.82) is 0 Å². The maximum absolute atomic E-state index is 14.2. The molecule has 4 aromatic rings. The Labute approximate surface area is 232 Å². The number of para-hydroxylation sites is 1. The number of methoxy groups -OCH3 is 1. The van der Waals surface area contributed by atoms with Crippen molar-refractivity contribution in [3.05, 3.63) is 102 Å². The molecule has 5 rings (SSSR count). The number of nitrogens with zero attached hydrogens (tertiary/aromatic N) is 1. The van der Waals surface area contributed by atoms with Gasteiger partial charge in [0.2, 0.25) is 11.8 Å². The van der Waals surface area contributed by atoms with Gasteiger partial charge in [-0.2, -0.15) is 0 Å². The van der Waals surface area contributed by atoms with Gasteiger partial charge in [-0.3, -0.25) is 14.5 Å². The van der Waals surface area contributed by atoms with Gasteiger partial charge in [-0.25, -0.2) is 9.18 Å². The average molecular weight is 542 g/mol. The zero-order valence-electron chi connectivity index (χ0n) is 22.4. The number of carbonyl (C=O) groups is 3. The number of nitrogens with one attached hydrogen (secondary N) is 2. The third-order valence-corrected chi connectivity index (χ3v) is 7.50. The van der Waals surface area contributed by atoms with Crippen LogP contribution in [-0.4, -0.2) is 35.9 Å². The van der Waals surface area contributed by atoms with E-state index in [0.717, 1.165) is 48.6 Å². The molecule has 3 aromatic carbocycles. The number of carbonyl (C=O) groups excluding carboxylic acids is 3. The molecular formula is C32H32FN3O4. The molecule has 1 atom stereocenters. The van der Waals surface area contributed by atoms with Gasteiger partial charge in [0.05, 0.1) is 19.1 Å². The predicted octanol–water partition coefficient (Wildman–Crippen LogP) is 5.86. The smallest absolute Gasteiger partial charge is 0.337 e. The van der Waals surface area contributed by atoms with Crippen molar-refractivity contribution >= 4 is 34.4 Å². The highest BCUT2D eigenvalue weighted by molar-refractivity contribution is 6.04. The van der Waals surface area contributed by atoms with Crippen LogP contribution in [0.5, 0.6) is 0 Å². The second-order valence-electron chi connectivity index (χ2n) is 10.1. The first kappa shape index (κ1) is 27.1. The lowest BCUT2D eigenvalue weighted by atomic mass is 9.94. The summed E-state index contributed by atoms with van der Waals surface area (Å²) in [6.07, 6.45) is 6.77. The van der Waals surface area contributed by atoms with Crippen LogP contribution in [0.15, 0.2) is 79.0 Å². The van der Waals surface area contributed by atoms with Crippen LogP contribution in [-0.2, 0) is 20.7 Å². The summed E-state index contributed by atoms with van der Waals surface area (Å²) >= 11 is 0.